The van der Waals surface area contributed by atoms with E-state index in [4.69, 9.17) is 19.3 Å². The van der Waals surface area contributed by atoms with Gasteiger partial charge in [-0.15, -0.1) is 0 Å². The summed E-state index contributed by atoms with van der Waals surface area (Å²) in [5.41, 5.74) is 1.58. The highest BCUT2D eigenvalue weighted by Gasteiger charge is 2.50. The maximum Gasteiger partial charge on any atom is 0.408 e. The van der Waals surface area contributed by atoms with Crippen LogP contribution < -0.4 is 16.0 Å². The Bertz CT molecular complexity index is 1590. The summed E-state index contributed by atoms with van der Waals surface area (Å²) in [4.78, 5) is 83.7. The number of aliphatic carboxylic acids is 1. The predicted octanol–water partition coefficient (Wildman–Crippen LogP) is 3.67. The second-order valence-corrected chi connectivity index (χ2v) is 13.4. The van der Waals surface area contributed by atoms with Crippen molar-refractivity contribution in [2.75, 3.05) is 6.54 Å². The Balaban J connectivity index is 0.000000553. The van der Waals surface area contributed by atoms with E-state index in [-0.39, 0.29) is 55.9 Å². The quantitative estimate of drug-likeness (QED) is 0.0976. The van der Waals surface area contributed by atoms with Gasteiger partial charge in [0.1, 0.15) is 37.1 Å². The van der Waals surface area contributed by atoms with Gasteiger partial charge >= 0.3 is 30.0 Å². The van der Waals surface area contributed by atoms with Gasteiger partial charge in [0.05, 0.1) is 0 Å². The number of carbonyl (C=O) groups excluding carboxylic acids is 6. The average Bonchev–Trinajstić information content (AvgIpc) is 3.15. The molecule has 4 N–H and O–H groups in total. The normalized spacial score (nSPS) is 20.6. The molecule has 0 unspecified atom stereocenters. The standard InChI is InChI=1S/C31H39N3O8.C8H12O4/c1-4-20(2)25-26(42-30(25)38)28(36)32-17-11-16-24(29(37)40-18-22-12-7-5-8-13-22)34-27(35)21(3)33-31(39)41-19-23-14-9-6-10-15-23;1-3-4(2)5-6(7(9)10)12-8(5)11/h5-10,12-15,20-21,24-26H,4,11,16-19H2,1-3H3,(H,32,36)(H,33,39)(H,34,35);4-6H,3H2,1-2H3,(H,9,10)/t20-,21-,24-,25-,26+;4-,5-,6+/m00/s1. The molecular formula is C39H51N3O12. The number of alkyl carbamates (subject to hydrolysis) is 1. The molecule has 2 aromatic rings. The van der Waals surface area contributed by atoms with Gasteiger partial charge in [0.15, 0.2) is 6.10 Å². The highest BCUT2D eigenvalue weighted by Crippen LogP contribution is 2.32. The van der Waals surface area contributed by atoms with Gasteiger partial charge in [-0.1, -0.05) is 101 Å². The molecule has 0 aliphatic carbocycles. The van der Waals surface area contributed by atoms with Crippen molar-refractivity contribution < 1.29 is 57.6 Å². The molecule has 2 aliphatic rings. The second-order valence-electron chi connectivity index (χ2n) is 13.4. The molecular weight excluding hydrogens is 702 g/mol. The maximum absolute atomic E-state index is 12.9. The fourth-order valence-corrected chi connectivity index (χ4v) is 5.65. The number of amides is 3. The summed E-state index contributed by atoms with van der Waals surface area (Å²) in [5, 5.41) is 16.4. The lowest BCUT2D eigenvalue weighted by Crippen LogP contribution is -2.56. The first kappa shape index (κ1) is 42.9. The number of esters is 3. The third-order valence-corrected chi connectivity index (χ3v) is 9.43. The number of rotatable bonds is 18. The molecule has 0 radical (unpaired) electrons. The highest BCUT2D eigenvalue weighted by atomic mass is 16.6. The zero-order valence-corrected chi connectivity index (χ0v) is 31.3. The van der Waals surface area contributed by atoms with Crippen LogP contribution in [0.2, 0.25) is 0 Å². The molecule has 2 fully saturated rings. The largest absolute Gasteiger partial charge is 0.478 e. The molecule has 2 aromatic carbocycles. The van der Waals surface area contributed by atoms with Crippen molar-refractivity contribution in [1.82, 2.24) is 16.0 Å². The molecule has 54 heavy (non-hydrogen) atoms. The van der Waals surface area contributed by atoms with Crippen LogP contribution in [0.4, 0.5) is 4.79 Å². The lowest BCUT2D eigenvalue weighted by atomic mass is 9.83. The van der Waals surface area contributed by atoms with Crippen LogP contribution in [0.15, 0.2) is 60.7 Å². The van der Waals surface area contributed by atoms with Gasteiger partial charge in [0.2, 0.25) is 12.0 Å². The second kappa shape index (κ2) is 21.3. The molecule has 4 rings (SSSR count). The van der Waals surface area contributed by atoms with Crippen molar-refractivity contribution in [3.63, 3.8) is 0 Å². The predicted molar refractivity (Wildman–Crippen MR) is 193 cm³/mol. The number of carbonyl (C=O) groups is 7. The Kier molecular flexibility index (Phi) is 16.9. The Labute approximate surface area is 314 Å². The maximum atomic E-state index is 12.9. The monoisotopic (exact) mass is 753 g/mol. The molecule has 0 aromatic heterocycles. The van der Waals surface area contributed by atoms with Gasteiger partial charge in [-0.25, -0.2) is 14.4 Å². The molecule has 0 saturated carbocycles. The Morgan fingerprint density at radius 1 is 0.741 bits per heavy atom. The summed E-state index contributed by atoms with van der Waals surface area (Å²) in [6.07, 6.45) is -0.492. The Hall–Kier alpha value is -5.47. The minimum atomic E-state index is -1.04. The van der Waals surface area contributed by atoms with Crippen molar-refractivity contribution in [3.8, 4) is 0 Å². The zero-order chi connectivity index (χ0) is 39.8. The van der Waals surface area contributed by atoms with Crippen LogP contribution in [-0.2, 0) is 60.9 Å². The summed E-state index contributed by atoms with van der Waals surface area (Å²) >= 11 is 0. The van der Waals surface area contributed by atoms with E-state index in [1.54, 1.807) is 12.1 Å². The minimum absolute atomic E-state index is 0.0203. The number of benzene rings is 2. The fraction of sp³-hybridized carbons (Fsp3) is 0.513. The fourth-order valence-electron chi connectivity index (χ4n) is 5.65. The molecule has 0 spiro atoms. The van der Waals surface area contributed by atoms with Gasteiger partial charge in [-0.2, -0.15) is 0 Å². The summed E-state index contributed by atoms with van der Waals surface area (Å²) < 4.78 is 20.2. The van der Waals surface area contributed by atoms with Crippen LogP contribution >= 0.6 is 0 Å². The topological polar surface area (TPSA) is 213 Å². The molecule has 294 valence electrons. The number of nitrogens with one attached hydrogen (secondary N) is 3. The molecule has 3 amide bonds. The third kappa shape index (κ3) is 12.6. The van der Waals surface area contributed by atoms with E-state index in [0.29, 0.717) is 6.42 Å². The van der Waals surface area contributed by atoms with E-state index in [0.717, 1.165) is 24.0 Å². The number of carboxylic acid groups (broad SMARTS) is 1. The number of cyclic esters (lactones) is 2. The molecule has 2 saturated heterocycles. The summed E-state index contributed by atoms with van der Waals surface area (Å²) in [6, 6.07) is 16.2. The van der Waals surface area contributed by atoms with Crippen LogP contribution in [0, 0.1) is 23.7 Å². The highest BCUT2D eigenvalue weighted by molar-refractivity contribution is 5.94. The average molecular weight is 754 g/mol. The van der Waals surface area contributed by atoms with Crippen LogP contribution in [0.25, 0.3) is 0 Å². The smallest absolute Gasteiger partial charge is 0.408 e. The lowest BCUT2D eigenvalue weighted by Gasteiger charge is -2.37. The first-order valence-corrected chi connectivity index (χ1v) is 18.2. The first-order chi connectivity index (χ1) is 25.8. The Morgan fingerprint density at radius 3 is 1.74 bits per heavy atom. The molecule has 0 bridgehead atoms. The van der Waals surface area contributed by atoms with E-state index in [1.807, 2.05) is 76.2 Å². The van der Waals surface area contributed by atoms with Crippen LogP contribution in [0.5, 0.6) is 0 Å². The molecule has 2 aliphatic heterocycles. The van der Waals surface area contributed by atoms with Gasteiger partial charge in [0, 0.05) is 6.54 Å². The van der Waals surface area contributed by atoms with Crippen molar-refractivity contribution in [2.45, 2.75) is 97.8 Å². The molecule has 15 heteroatoms. The van der Waals surface area contributed by atoms with E-state index in [9.17, 15) is 33.6 Å². The van der Waals surface area contributed by atoms with E-state index >= 15 is 0 Å². The van der Waals surface area contributed by atoms with Gasteiger partial charge in [-0.3, -0.25) is 19.2 Å². The lowest BCUT2D eigenvalue weighted by molar-refractivity contribution is -0.200. The van der Waals surface area contributed by atoms with Crippen LogP contribution in [0.1, 0.15) is 71.4 Å². The number of hydrogen-bond donors (Lipinski definition) is 4. The van der Waals surface area contributed by atoms with Crippen LogP contribution in [-0.4, -0.2) is 77.7 Å². The first-order valence-electron chi connectivity index (χ1n) is 18.2. The van der Waals surface area contributed by atoms with E-state index < -0.39 is 60.1 Å². The van der Waals surface area contributed by atoms with Crippen molar-refractivity contribution in [1.29, 1.82) is 0 Å². The minimum Gasteiger partial charge on any atom is -0.478 e. The van der Waals surface area contributed by atoms with Crippen molar-refractivity contribution in [3.05, 3.63) is 71.8 Å². The zero-order valence-electron chi connectivity index (χ0n) is 31.3. The number of hydrogen-bond acceptors (Lipinski definition) is 11. The van der Waals surface area contributed by atoms with Crippen LogP contribution in [0.3, 0.4) is 0 Å². The third-order valence-electron chi connectivity index (χ3n) is 9.43. The van der Waals surface area contributed by atoms with Gasteiger partial charge < -0.3 is 40.0 Å². The molecule has 2 heterocycles. The van der Waals surface area contributed by atoms with Crippen molar-refractivity contribution >= 4 is 41.8 Å². The summed E-state index contributed by atoms with van der Waals surface area (Å²) in [5.74, 6) is -4.23. The Morgan fingerprint density at radius 2 is 1.24 bits per heavy atom. The summed E-state index contributed by atoms with van der Waals surface area (Å²) in [6.45, 7) is 9.36. The number of ether oxygens (including phenoxy) is 4. The molecule has 15 nitrogen and oxygen atoms in total. The SMILES string of the molecule is CC[C@H](C)[C@@H]1C(=O)O[C@H]1C(=O)NCCC[C@H](NC(=O)[C@H](C)NC(=O)OCc1ccccc1)C(=O)OCc1ccccc1.CC[C@H](C)[C@@H]1C(=O)O[C@H]1C(=O)O. The van der Waals surface area contributed by atoms with Gasteiger partial charge in [0.25, 0.3) is 5.91 Å². The summed E-state index contributed by atoms with van der Waals surface area (Å²) in [7, 11) is 0. The van der Waals surface area contributed by atoms with E-state index in [2.05, 4.69) is 20.7 Å². The van der Waals surface area contributed by atoms with Crippen molar-refractivity contribution in [2.24, 2.45) is 23.7 Å². The molecule has 8 atom stereocenters. The number of carboxylic acids is 1. The van der Waals surface area contributed by atoms with Gasteiger partial charge in [-0.05, 0) is 42.7 Å². The van der Waals surface area contributed by atoms with E-state index in [1.165, 1.54) is 6.92 Å².